The molecule has 0 aliphatic carbocycles. The van der Waals surface area contributed by atoms with Gasteiger partial charge >= 0.3 is 5.97 Å². The van der Waals surface area contributed by atoms with Gasteiger partial charge in [-0.2, -0.15) is 0 Å². The molecule has 0 aliphatic heterocycles. The molecule has 24 heavy (non-hydrogen) atoms. The molecule has 1 heterocycles. The summed E-state index contributed by atoms with van der Waals surface area (Å²) in [6.07, 6.45) is 0.106. The molecule has 0 saturated heterocycles. The van der Waals surface area contributed by atoms with E-state index in [0.717, 1.165) is 5.56 Å². The minimum atomic E-state index is -0.329. The highest BCUT2D eigenvalue weighted by molar-refractivity contribution is 7.80. The monoisotopic (exact) mass is 363 g/mol. The van der Waals surface area contributed by atoms with E-state index in [2.05, 4.69) is 15.6 Å². The Morgan fingerprint density at radius 1 is 1.38 bits per heavy atom. The normalized spacial score (nSPS) is 10.1. The lowest BCUT2D eigenvalue weighted by molar-refractivity contribution is -0.142. The first-order valence-electron chi connectivity index (χ1n) is 7.27. The van der Waals surface area contributed by atoms with E-state index >= 15 is 0 Å². The first-order chi connectivity index (χ1) is 11.5. The smallest absolute Gasteiger partial charge is 0.311 e. The van der Waals surface area contributed by atoms with E-state index in [1.807, 2.05) is 19.1 Å². The minimum Gasteiger partial charge on any atom is -0.466 e. The maximum absolute atomic E-state index is 12.1. The van der Waals surface area contributed by atoms with Crippen LogP contribution < -0.4 is 10.6 Å². The van der Waals surface area contributed by atoms with Gasteiger partial charge in [-0.1, -0.05) is 17.7 Å². The number of aryl methyl sites for hydroxylation is 1. The van der Waals surface area contributed by atoms with Crippen molar-refractivity contribution in [3.63, 3.8) is 0 Å². The van der Waals surface area contributed by atoms with Crippen LogP contribution in [0.4, 0.5) is 5.13 Å². The number of esters is 1. The van der Waals surface area contributed by atoms with Crippen molar-refractivity contribution in [3.8, 4) is 0 Å². The lowest BCUT2D eigenvalue weighted by Gasteiger charge is -2.07. The summed E-state index contributed by atoms with van der Waals surface area (Å²) in [4.78, 5) is 27.8. The molecule has 8 heteroatoms. The van der Waals surface area contributed by atoms with Crippen molar-refractivity contribution in [1.82, 2.24) is 10.3 Å². The van der Waals surface area contributed by atoms with Crippen molar-refractivity contribution in [1.29, 1.82) is 0 Å². The zero-order valence-electron chi connectivity index (χ0n) is 13.3. The first-order valence-corrected chi connectivity index (χ1v) is 8.55. The van der Waals surface area contributed by atoms with Gasteiger partial charge in [0, 0.05) is 10.9 Å². The molecule has 0 radical (unpaired) electrons. The van der Waals surface area contributed by atoms with Crippen molar-refractivity contribution < 1.29 is 14.3 Å². The molecule has 1 amide bonds. The largest absolute Gasteiger partial charge is 0.466 e. The summed E-state index contributed by atoms with van der Waals surface area (Å²) in [5, 5.41) is 7.83. The molecule has 2 rings (SSSR count). The first kappa shape index (κ1) is 18.0. The molecule has 0 bridgehead atoms. The third kappa shape index (κ3) is 5.39. The van der Waals surface area contributed by atoms with Crippen LogP contribution >= 0.6 is 23.6 Å². The van der Waals surface area contributed by atoms with Crippen molar-refractivity contribution in [3.05, 3.63) is 46.5 Å². The molecular weight excluding hydrogens is 346 g/mol. The van der Waals surface area contributed by atoms with Gasteiger partial charge in [-0.15, -0.1) is 11.3 Å². The standard InChI is InChI=1S/C16H17N3O3S2/c1-3-22-13(20)8-12-9-24-16(17-12)19-15(23)18-14(21)11-6-4-5-10(2)7-11/h4-7,9H,3,8H2,1-2H3,(H2,17,18,19,21,23). The van der Waals surface area contributed by atoms with Crippen LogP contribution in [-0.4, -0.2) is 28.6 Å². The number of aromatic nitrogens is 1. The molecule has 2 aromatic rings. The maximum Gasteiger partial charge on any atom is 0.311 e. The average Bonchev–Trinajstić information content (AvgIpc) is 2.94. The Bertz CT molecular complexity index is 759. The van der Waals surface area contributed by atoms with Gasteiger partial charge < -0.3 is 10.1 Å². The predicted octanol–water partition coefficient (Wildman–Crippen LogP) is 2.68. The van der Waals surface area contributed by atoms with Gasteiger partial charge in [0.15, 0.2) is 10.2 Å². The second-order valence-electron chi connectivity index (χ2n) is 4.90. The minimum absolute atomic E-state index is 0.106. The zero-order chi connectivity index (χ0) is 17.5. The Kier molecular flexibility index (Phi) is 6.39. The summed E-state index contributed by atoms with van der Waals surface area (Å²) in [5.41, 5.74) is 2.11. The maximum atomic E-state index is 12.1. The van der Waals surface area contributed by atoms with E-state index in [1.165, 1.54) is 11.3 Å². The number of carbonyl (C=O) groups is 2. The van der Waals surface area contributed by atoms with Crippen LogP contribution in [0.3, 0.4) is 0 Å². The lowest BCUT2D eigenvalue weighted by atomic mass is 10.1. The van der Waals surface area contributed by atoms with Crippen molar-refractivity contribution >= 4 is 45.7 Å². The lowest BCUT2D eigenvalue weighted by Crippen LogP contribution is -2.34. The third-order valence-corrected chi connectivity index (χ3v) is 3.92. The number of nitrogens with one attached hydrogen (secondary N) is 2. The van der Waals surface area contributed by atoms with Gasteiger partial charge in [0.25, 0.3) is 5.91 Å². The van der Waals surface area contributed by atoms with Gasteiger partial charge in [0.1, 0.15) is 0 Å². The van der Waals surface area contributed by atoms with Crippen LogP contribution in [0.25, 0.3) is 0 Å². The van der Waals surface area contributed by atoms with E-state index in [4.69, 9.17) is 17.0 Å². The number of rotatable bonds is 5. The van der Waals surface area contributed by atoms with Crippen LogP contribution in [0, 0.1) is 6.92 Å². The van der Waals surface area contributed by atoms with Gasteiger partial charge in [-0.3, -0.25) is 14.9 Å². The number of amides is 1. The molecule has 2 N–H and O–H groups in total. The molecule has 1 aromatic heterocycles. The topological polar surface area (TPSA) is 80.3 Å². The summed E-state index contributed by atoms with van der Waals surface area (Å²) >= 11 is 6.41. The van der Waals surface area contributed by atoms with Crippen molar-refractivity contribution in [2.24, 2.45) is 0 Å². The quantitative estimate of drug-likeness (QED) is 0.628. The Labute approximate surface area is 149 Å². The number of anilines is 1. The molecule has 6 nitrogen and oxygen atoms in total. The Morgan fingerprint density at radius 3 is 2.88 bits per heavy atom. The molecule has 0 atom stereocenters. The van der Waals surface area contributed by atoms with E-state index in [9.17, 15) is 9.59 Å². The summed E-state index contributed by atoms with van der Waals surface area (Å²) in [6.45, 7) is 4.00. The molecule has 0 saturated carbocycles. The number of nitrogens with zero attached hydrogens (tertiary/aromatic N) is 1. The summed E-state index contributed by atoms with van der Waals surface area (Å²) in [7, 11) is 0. The number of thiazole rings is 1. The Balaban J connectivity index is 1.89. The molecule has 126 valence electrons. The molecular formula is C16H17N3O3S2. The second-order valence-corrected chi connectivity index (χ2v) is 6.17. The molecule has 0 unspecified atom stereocenters. The van der Waals surface area contributed by atoms with Gasteiger partial charge in [0.2, 0.25) is 0 Å². The fraction of sp³-hybridized carbons (Fsp3) is 0.250. The van der Waals surface area contributed by atoms with Gasteiger partial charge in [-0.05, 0) is 38.2 Å². The van der Waals surface area contributed by atoms with Crippen molar-refractivity contribution in [2.45, 2.75) is 20.3 Å². The van der Waals surface area contributed by atoms with E-state index < -0.39 is 0 Å². The molecule has 0 fully saturated rings. The number of thiocarbonyl (C=S) groups is 1. The predicted molar refractivity (Wildman–Crippen MR) is 97.3 cm³/mol. The number of hydrogen-bond acceptors (Lipinski definition) is 6. The van der Waals surface area contributed by atoms with Crippen LogP contribution in [0.15, 0.2) is 29.6 Å². The highest BCUT2D eigenvalue weighted by Crippen LogP contribution is 2.16. The Morgan fingerprint density at radius 2 is 2.17 bits per heavy atom. The van der Waals surface area contributed by atoms with Crippen LogP contribution in [-0.2, 0) is 16.0 Å². The summed E-state index contributed by atoms with van der Waals surface area (Å²) in [6, 6.07) is 7.21. The SMILES string of the molecule is CCOC(=O)Cc1csc(NC(=S)NC(=O)c2cccc(C)c2)n1. The second kappa shape index (κ2) is 8.51. The molecule has 0 aliphatic rings. The van der Waals surface area contributed by atoms with E-state index in [0.29, 0.717) is 23.0 Å². The average molecular weight is 363 g/mol. The fourth-order valence-electron chi connectivity index (χ4n) is 1.90. The van der Waals surface area contributed by atoms with E-state index in [1.54, 1.807) is 24.4 Å². The van der Waals surface area contributed by atoms with Crippen molar-refractivity contribution in [2.75, 3.05) is 11.9 Å². The van der Waals surface area contributed by atoms with Crippen LogP contribution in [0.1, 0.15) is 28.5 Å². The van der Waals surface area contributed by atoms with Gasteiger partial charge in [0.05, 0.1) is 18.7 Å². The highest BCUT2D eigenvalue weighted by Gasteiger charge is 2.11. The number of hydrogen-bond donors (Lipinski definition) is 2. The number of benzene rings is 1. The highest BCUT2D eigenvalue weighted by atomic mass is 32.1. The van der Waals surface area contributed by atoms with E-state index in [-0.39, 0.29) is 23.4 Å². The van der Waals surface area contributed by atoms with Gasteiger partial charge in [-0.25, -0.2) is 4.98 Å². The third-order valence-electron chi connectivity index (χ3n) is 2.91. The zero-order valence-corrected chi connectivity index (χ0v) is 14.9. The number of ether oxygens (including phenoxy) is 1. The van der Waals surface area contributed by atoms with Crippen LogP contribution in [0.2, 0.25) is 0 Å². The fourth-order valence-corrected chi connectivity index (χ4v) is 2.86. The summed E-state index contributed by atoms with van der Waals surface area (Å²) in [5.74, 6) is -0.621. The van der Waals surface area contributed by atoms with Crippen LogP contribution in [0.5, 0.6) is 0 Å². The number of carbonyl (C=O) groups excluding carboxylic acids is 2. The molecule has 1 aromatic carbocycles. The summed E-state index contributed by atoms with van der Waals surface area (Å²) < 4.78 is 4.87. The molecule has 0 spiro atoms. The Hall–Kier alpha value is -2.32.